The number of hydrogen-bond donors (Lipinski definition) is 2. The lowest BCUT2D eigenvalue weighted by atomic mass is 9.80. The number of benzene rings is 2. The zero-order chi connectivity index (χ0) is 21.5. The molecule has 6 heteroatoms. The largest absolute Gasteiger partial charge is 0.398 e. The Morgan fingerprint density at radius 3 is 2.41 bits per heavy atom. The van der Waals surface area contributed by atoms with Gasteiger partial charge in [0.2, 0.25) is 5.91 Å². The summed E-state index contributed by atoms with van der Waals surface area (Å²) in [5.74, 6) is -1.04. The van der Waals surface area contributed by atoms with Gasteiger partial charge in [-0.1, -0.05) is 33.8 Å². The van der Waals surface area contributed by atoms with Crippen LogP contribution in [0.4, 0.5) is 10.1 Å². The minimum Gasteiger partial charge on any atom is -0.398 e. The fourth-order valence-electron chi connectivity index (χ4n) is 4.04. The molecular formula is C23H26FN3O2. The van der Waals surface area contributed by atoms with Crippen molar-refractivity contribution in [2.24, 2.45) is 11.1 Å². The molecule has 0 saturated heterocycles. The van der Waals surface area contributed by atoms with Gasteiger partial charge < -0.3 is 11.5 Å². The predicted molar refractivity (Wildman–Crippen MR) is 114 cm³/mol. The number of nitrogen functional groups attached to an aromatic ring is 1. The molecule has 0 radical (unpaired) electrons. The fourth-order valence-corrected chi connectivity index (χ4v) is 4.04. The number of aromatic nitrogens is 1. The normalized spacial score (nSPS) is 14.9. The highest BCUT2D eigenvalue weighted by molar-refractivity contribution is 6.06. The number of hydrogen-bond acceptors (Lipinski definition) is 3. The van der Waals surface area contributed by atoms with Crippen molar-refractivity contribution in [1.82, 2.24) is 4.57 Å². The summed E-state index contributed by atoms with van der Waals surface area (Å²) in [5, 5.41) is 0.781. The molecule has 1 aliphatic heterocycles. The molecule has 29 heavy (non-hydrogen) atoms. The number of nitrogens with zero attached hydrogens (tertiary/aromatic N) is 1. The molecule has 3 aromatic rings. The van der Waals surface area contributed by atoms with Gasteiger partial charge in [-0.25, -0.2) is 4.39 Å². The Labute approximate surface area is 169 Å². The second kappa shape index (κ2) is 7.35. The van der Waals surface area contributed by atoms with E-state index in [0.717, 1.165) is 22.2 Å². The average molecular weight is 395 g/mol. The minimum atomic E-state index is -0.596. The topological polar surface area (TPSA) is 91.1 Å². The quantitative estimate of drug-likeness (QED) is 0.613. The molecule has 1 amide bonds. The molecule has 0 fully saturated rings. The fraction of sp³-hybridized carbons (Fsp3) is 0.304. The van der Waals surface area contributed by atoms with Gasteiger partial charge in [0.05, 0.1) is 11.1 Å². The molecule has 2 heterocycles. The van der Waals surface area contributed by atoms with Crippen LogP contribution >= 0.6 is 0 Å². The van der Waals surface area contributed by atoms with Crippen LogP contribution in [0.25, 0.3) is 22.0 Å². The van der Waals surface area contributed by atoms with E-state index in [0.29, 0.717) is 18.4 Å². The van der Waals surface area contributed by atoms with E-state index in [9.17, 15) is 14.0 Å². The van der Waals surface area contributed by atoms with Crippen LogP contribution in [0, 0.1) is 11.2 Å². The van der Waals surface area contributed by atoms with E-state index >= 15 is 0 Å². The van der Waals surface area contributed by atoms with Gasteiger partial charge in [-0.2, -0.15) is 0 Å². The van der Waals surface area contributed by atoms with Crippen molar-refractivity contribution in [2.75, 3.05) is 5.73 Å². The highest BCUT2D eigenvalue weighted by atomic mass is 19.1. The third kappa shape index (κ3) is 3.50. The summed E-state index contributed by atoms with van der Waals surface area (Å²) in [4.78, 5) is 24.3. The second-order valence-electron chi connectivity index (χ2n) is 7.90. The third-order valence-corrected chi connectivity index (χ3v) is 5.16. The summed E-state index contributed by atoms with van der Waals surface area (Å²) >= 11 is 0. The number of amides is 1. The number of fused-ring (bicyclic) bond motifs is 3. The number of halogens is 1. The van der Waals surface area contributed by atoms with Gasteiger partial charge in [0, 0.05) is 28.8 Å². The van der Waals surface area contributed by atoms with E-state index in [1.807, 2.05) is 27.7 Å². The van der Waals surface area contributed by atoms with E-state index in [2.05, 4.69) is 0 Å². The van der Waals surface area contributed by atoms with Crippen molar-refractivity contribution in [1.29, 1.82) is 0 Å². The van der Waals surface area contributed by atoms with E-state index in [1.54, 1.807) is 28.8 Å². The standard InChI is InChI=1S/C21H20FN3O2.C2H6/c1-21(2)9-17-19(11-3-5-13(20(24)27)15(23)7-11)14-6-4-12(22)8-16(14)25(17)18(26)10-21;1-2/h3-8H,9-10,23H2,1-2H3,(H2,24,27);1-2H3. The van der Waals surface area contributed by atoms with Crippen LogP contribution in [0.15, 0.2) is 36.4 Å². The molecule has 152 valence electrons. The van der Waals surface area contributed by atoms with Gasteiger partial charge in [0.15, 0.2) is 0 Å². The van der Waals surface area contributed by atoms with Crippen LogP contribution < -0.4 is 11.5 Å². The lowest BCUT2D eigenvalue weighted by Crippen LogP contribution is -2.31. The average Bonchev–Trinajstić information content (AvgIpc) is 2.94. The maximum absolute atomic E-state index is 13.9. The molecule has 1 aromatic heterocycles. The second-order valence-corrected chi connectivity index (χ2v) is 7.90. The van der Waals surface area contributed by atoms with Gasteiger partial charge in [0.25, 0.3) is 5.91 Å². The lowest BCUT2D eigenvalue weighted by Gasteiger charge is -2.30. The number of carbonyl (C=O) groups is 2. The summed E-state index contributed by atoms with van der Waals surface area (Å²) in [6.45, 7) is 8.09. The Hall–Kier alpha value is -3.15. The van der Waals surface area contributed by atoms with E-state index in [1.165, 1.54) is 12.1 Å². The van der Waals surface area contributed by atoms with Crippen LogP contribution in [-0.2, 0) is 6.42 Å². The molecule has 0 saturated carbocycles. The monoisotopic (exact) mass is 395 g/mol. The highest BCUT2D eigenvalue weighted by Gasteiger charge is 2.35. The zero-order valence-corrected chi connectivity index (χ0v) is 17.2. The Kier molecular flexibility index (Phi) is 5.22. The van der Waals surface area contributed by atoms with E-state index in [4.69, 9.17) is 11.5 Å². The highest BCUT2D eigenvalue weighted by Crippen LogP contribution is 2.43. The van der Waals surface area contributed by atoms with E-state index < -0.39 is 11.7 Å². The molecule has 0 atom stereocenters. The van der Waals surface area contributed by atoms with Gasteiger partial charge in [-0.3, -0.25) is 14.2 Å². The Balaban J connectivity index is 0.00000117. The van der Waals surface area contributed by atoms with Crippen LogP contribution in [-0.4, -0.2) is 16.4 Å². The summed E-state index contributed by atoms with van der Waals surface area (Å²) in [6, 6.07) is 9.49. The predicted octanol–water partition coefficient (Wildman–Crippen LogP) is 4.77. The lowest BCUT2D eigenvalue weighted by molar-refractivity contribution is 0.0816. The van der Waals surface area contributed by atoms with E-state index in [-0.39, 0.29) is 22.6 Å². The van der Waals surface area contributed by atoms with Gasteiger partial charge in [0.1, 0.15) is 5.82 Å². The number of rotatable bonds is 2. The molecule has 4 N–H and O–H groups in total. The molecule has 0 aliphatic carbocycles. The molecule has 0 unspecified atom stereocenters. The van der Waals surface area contributed by atoms with Crippen LogP contribution in [0.3, 0.4) is 0 Å². The first kappa shape index (κ1) is 20.6. The summed E-state index contributed by atoms with van der Waals surface area (Å²) in [7, 11) is 0. The first-order chi connectivity index (χ1) is 13.7. The third-order valence-electron chi connectivity index (χ3n) is 5.16. The first-order valence-electron chi connectivity index (χ1n) is 9.74. The number of anilines is 1. The van der Waals surface area contributed by atoms with Crippen LogP contribution in [0.1, 0.15) is 55.0 Å². The smallest absolute Gasteiger partial charge is 0.250 e. The molecule has 4 rings (SSSR count). The SMILES string of the molecule is CC.CC1(C)CC(=O)n2c(c(-c3ccc(C(N)=O)c(N)c3)c3ccc(F)cc32)C1. The number of nitrogens with two attached hydrogens (primary N) is 2. The molecule has 0 spiro atoms. The van der Waals surface area contributed by atoms with Gasteiger partial charge >= 0.3 is 0 Å². The summed E-state index contributed by atoms with van der Waals surface area (Å²) in [5.41, 5.74) is 14.7. The Morgan fingerprint density at radius 2 is 1.79 bits per heavy atom. The van der Waals surface area contributed by atoms with Gasteiger partial charge in [-0.05, 0) is 47.7 Å². The molecule has 1 aliphatic rings. The summed E-state index contributed by atoms with van der Waals surface area (Å²) in [6.07, 6.45) is 1.06. The van der Waals surface area contributed by atoms with Crippen LogP contribution in [0.5, 0.6) is 0 Å². The van der Waals surface area contributed by atoms with Crippen molar-refractivity contribution >= 4 is 28.4 Å². The van der Waals surface area contributed by atoms with Gasteiger partial charge in [-0.15, -0.1) is 0 Å². The van der Waals surface area contributed by atoms with Crippen molar-refractivity contribution in [3.63, 3.8) is 0 Å². The number of primary amides is 1. The van der Waals surface area contributed by atoms with Crippen molar-refractivity contribution in [3.8, 4) is 11.1 Å². The van der Waals surface area contributed by atoms with Crippen molar-refractivity contribution in [3.05, 3.63) is 53.5 Å². The minimum absolute atomic E-state index is 0.0511. The first-order valence-corrected chi connectivity index (χ1v) is 9.74. The van der Waals surface area contributed by atoms with Crippen LogP contribution in [0.2, 0.25) is 0 Å². The van der Waals surface area contributed by atoms with Crippen molar-refractivity contribution in [2.45, 2.75) is 40.5 Å². The maximum atomic E-state index is 13.9. The van der Waals surface area contributed by atoms with Crippen molar-refractivity contribution < 1.29 is 14.0 Å². The Bertz CT molecular complexity index is 1130. The summed E-state index contributed by atoms with van der Waals surface area (Å²) < 4.78 is 15.5. The molecule has 2 aromatic carbocycles. The Morgan fingerprint density at radius 1 is 1.10 bits per heavy atom. The number of carbonyl (C=O) groups excluding carboxylic acids is 2. The molecule has 0 bridgehead atoms. The maximum Gasteiger partial charge on any atom is 0.250 e. The zero-order valence-electron chi connectivity index (χ0n) is 17.2. The molecular weight excluding hydrogens is 369 g/mol. The molecule has 5 nitrogen and oxygen atoms in total.